The van der Waals surface area contributed by atoms with Gasteiger partial charge in [0.1, 0.15) is 0 Å². The number of carbonyl (C=O) groups is 1. The summed E-state index contributed by atoms with van der Waals surface area (Å²) < 4.78 is 0. The molecule has 3 rings (SSSR count). The number of aliphatic imine (C=N–C) groups is 1. The van der Waals surface area contributed by atoms with Crippen molar-refractivity contribution in [2.75, 3.05) is 37.6 Å². The number of hydrogen-bond donors (Lipinski definition) is 2. The van der Waals surface area contributed by atoms with E-state index in [-0.39, 0.29) is 35.9 Å². The Bertz CT molecular complexity index is 560. The van der Waals surface area contributed by atoms with Crippen LogP contribution in [0.1, 0.15) is 19.3 Å². The van der Waals surface area contributed by atoms with Gasteiger partial charge in [0.15, 0.2) is 5.96 Å². The van der Waals surface area contributed by atoms with Gasteiger partial charge in [0.2, 0.25) is 11.9 Å². The highest BCUT2D eigenvalue weighted by molar-refractivity contribution is 14.0. The molecule has 1 aromatic heterocycles. The molecular weight excluding hydrogens is 421 g/mol. The lowest BCUT2D eigenvalue weighted by atomic mass is 10.0. The highest BCUT2D eigenvalue weighted by atomic mass is 127. The van der Waals surface area contributed by atoms with Crippen molar-refractivity contribution in [1.82, 2.24) is 20.2 Å². The Morgan fingerprint density at radius 3 is 2.67 bits per heavy atom. The van der Waals surface area contributed by atoms with E-state index >= 15 is 0 Å². The zero-order valence-electron chi connectivity index (χ0n) is 13.6. The second-order valence-electron chi connectivity index (χ2n) is 5.88. The molecule has 0 spiro atoms. The number of nitrogens with two attached hydrogens (primary N) is 1. The van der Waals surface area contributed by atoms with Crippen LogP contribution in [-0.4, -0.2) is 65.5 Å². The van der Waals surface area contributed by atoms with Crippen LogP contribution in [-0.2, 0) is 4.79 Å². The lowest BCUT2D eigenvalue weighted by Crippen LogP contribution is -2.52. The molecular formula is C15H24IN7O. The quantitative estimate of drug-likeness (QED) is 0.392. The van der Waals surface area contributed by atoms with Gasteiger partial charge in [-0.3, -0.25) is 9.79 Å². The number of carbonyl (C=O) groups excluding carboxylic acids is 1. The van der Waals surface area contributed by atoms with E-state index in [9.17, 15) is 4.79 Å². The van der Waals surface area contributed by atoms with E-state index in [1.165, 1.54) is 0 Å². The fraction of sp³-hybridized carbons (Fsp3) is 0.600. The average Bonchev–Trinajstić information content (AvgIpc) is 2.61. The lowest BCUT2D eigenvalue weighted by molar-refractivity contribution is -0.123. The number of anilines is 1. The van der Waals surface area contributed by atoms with Gasteiger partial charge in [0.05, 0.1) is 6.54 Å². The minimum atomic E-state index is 0. The van der Waals surface area contributed by atoms with Crippen LogP contribution in [0.15, 0.2) is 23.5 Å². The molecule has 0 radical (unpaired) electrons. The summed E-state index contributed by atoms with van der Waals surface area (Å²) in [4.78, 5) is 28.6. The predicted molar refractivity (Wildman–Crippen MR) is 104 cm³/mol. The molecule has 1 atom stereocenters. The summed E-state index contributed by atoms with van der Waals surface area (Å²) in [6, 6.07) is 1.93. The summed E-state index contributed by atoms with van der Waals surface area (Å²) >= 11 is 0. The summed E-state index contributed by atoms with van der Waals surface area (Å²) in [5.74, 6) is 1.43. The Labute approximate surface area is 158 Å². The number of nitrogens with zero attached hydrogens (tertiary/aromatic N) is 5. The molecule has 3 N–H and O–H groups in total. The average molecular weight is 445 g/mol. The van der Waals surface area contributed by atoms with Gasteiger partial charge in [-0.05, 0) is 18.9 Å². The molecule has 0 saturated carbocycles. The first-order valence-corrected chi connectivity index (χ1v) is 8.08. The molecule has 1 unspecified atom stereocenters. The summed E-state index contributed by atoms with van der Waals surface area (Å²) in [5, 5.41) is 2.96. The molecule has 2 saturated heterocycles. The second-order valence-corrected chi connectivity index (χ2v) is 5.88. The van der Waals surface area contributed by atoms with Crippen LogP contribution in [0.4, 0.5) is 5.95 Å². The molecule has 8 nitrogen and oxygen atoms in total. The number of nitrogens with one attached hydrogen (secondary N) is 1. The molecule has 1 aromatic rings. The van der Waals surface area contributed by atoms with Crippen LogP contribution >= 0.6 is 24.0 Å². The predicted octanol–water partition coefficient (Wildman–Crippen LogP) is 0.200. The van der Waals surface area contributed by atoms with Gasteiger partial charge in [-0.15, -0.1) is 24.0 Å². The van der Waals surface area contributed by atoms with Gasteiger partial charge in [-0.25, -0.2) is 9.97 Å². The third-order valence-corrected chi connectivity index (χ3v) is 4.23. The van der Waals surface area contributed by atoms with Crippen LogP contribution in [0.5, 0.6) is 0 Å². The van der Waals surface area contributed by atoms with Gasteiger partial charge in [0, 0.05) is 51.0 Å². The molecule has 0 aromatic carbocycles. The number of piperazine rings is 1. The smallest absolute Gasteiger partial charge is 0.225 e. The minimum Gasteiger partial charge on any atom is -0.370 e. The molecule has 9 heteroatoms. The van der Waals surface area contributed by atoms with Crippen molar-refractivity contribution in [2.24, 2.45) is 10.7 Å². The number of halogens is 1. The van der Waals surface area contributed by atoms with E-state index in [1.54, 1.807) is 12.4 Å². The van der Waals surface area contributed by atoms with Crippen LogP contribution in [0.25, 0.3) is 0 Å². The second kappa shape index (κ2) is 9.00. The number of aromatic nitrogens is 2. The van der Waals surface area contributed by atoms with Gasteiger partial charge in [-0.2, -0.15) is 0 Å². The third kappa shape index (κ3) is 4.92. The minimum absolute atomic E-state index is 0. The fourth-order valence-corrected chi connectivity index (χ4v) is 2.91. The Morgan fingerprint density at radius 2 is 2.00 bits per heavy atom. The number of piperidine rings is 1. The number of guanidine groups is 1. The molecule has 1 amide bonds. The number of hydrogen-bond acceptors (Lipinski definition) is 5. The van der Waals surface area contributed by atoms with E-state index in [1.807, 2.05) is 6.07 Å². The number of rotatable bonds is 3. The molecule has 0 aliphatic carbocycles. The molecule has 0 bridgehead atoms. The summed E-state index contributed by atoms with van der Waals surface area (Å²) in [5.41, 5.74) is 6.10. The van der Waals surface area contributed by atoms with E-state index < -0.39 is 0 Å². The topological polar surface area (TPSA) is 99.7 Å². The molecule has 132 valence electrons. The van der Waals surface area contributed by atoms with Crippen molar-refractivity contribution in [1.29, 1.82) is 0 Å². The van der Waals surface area contributed by atoms with Crippen molar-refractivity contribution in [3.63, 3.8) is 0 Å². The molecule has 24 heavy (non-hydrogen) atoms. The van der Waals surface area contributed by atoms with Crippen molar-refractivity contribution in [3.05, 3.63) is 18.5 Å². The van der Waals surface area contributed by atoms with Gasteiger partial charge >= 0.3 is 0 Å². The molecule has 2 fully saturated rings. The van der Waals surface area contributed by atoms with Crippen molar-refractivity contribution in [2.45, 2.75) is 25.3 Å². The molecule has 2 aliphatic rings. The van der Waals surface area contributed by atoms with Crippen LogP contribution < -0.4 is 16.0 Å². The Morgan fingerprint density at radius 1 is 1.29 bits per heavy atom. The van der Waals surface area contributed by atoms with Crippen LogP contribution in [0.2, 0.25) is 0 Å². The van der Waals surface area contributed by atoms with Crippen molar-refractivity contribution >= 4 is 41.8 Å². The van der Waals surface area contributed by atoms with Gasteiger partial charge in [-0.1, -0.05) is 0 Å². The maximum atomic E-state index is 11.4. The van der Waals surface area contributed by atoms with Gasteiger partial charge < -0.3 is 20.9 Å². The van der Waals surface area contributed by atoms with E-state index in [2.05, 4.69) is 30.1 Å². The standard InChI is InChI=1S/C15H23N7O.HI/c16-14(19-11-12-3-1-4-13(23)20-12)21-7-9-22(10-8-21)15-17-5-2-6-18-15;/h2,5-6,12H,1,3-4,7-11H2,(H2,16,19)(H,20,23);1H. The SMILES string of the molecule is I.NC(=NCC1CCCC(=O)N1)N1CCN(c2ncccn2)CC1. The Balaban J connectivity index is 0.00000208. The first-order chi connectivity index (χ1) is 11.2. The summed E-state index contributed by atoms with van der Waals surface area (Å²) in [7, 11) is 0. The lowest BCUT2D eigenvalue weighted by Gasteiger charge is -2.35. The fourth-order valence-electron chi connectivity index (χ4n) is 2.91. The van der Waals surface area contributed by atoms with Crippen molar-refractivity contribution < 1.29 is 4.79 Å². The molecule has 2 aliphatic heterocycles. The van der Waals surface area contributed by atoms with Crippen molar-refractivity contribution in [3.8, 4) is 0 Å². The summed E-state index contributed by atoms with van der Waals surface area (Å²) in [6.45, 7) is 3.79. The zero-order valence-corrected chi connectivity index (χ0v) is 15.9. The Kier molecular flexibility index (Phi) is 7.00. The summed E-state index contributed by atoms with van der Waals surface area (Å²) in [6.07, 6.45) is 6.04. The first kappa shape index (κ1) is 18.7. The van der Waals surface area contributed by atoms with Crippen LogP contribution in [0.3, 0.4) is 0 Å². The number of amides is 1. The monoisotopic (exact) mass is 445 g/mol. The molecule has 3 heterocycles. The first-order valence-electron chi connectivity index (χ1n) is 8.08. The maximum Gasteiger partial charge on any atom is 0.225 e. The van der Waals surface area contributed by atoms with Gasteiger partial charge in [0.25, 0.3) is 0 Å². The Hall–Kier alpha value is -1.65. The van der Waals surface area contributed by atoms with E-state index in [0.29, 0.717) is 18.9 Å². The maximum absolute atomic E-state index is 11.4. The zero-order chi connectivity index (χ0) is 16.1. The largest absolute Gasteiger partial charge is 0.370 e. The van der Waals surface area contributed by atoms with E-state index in [0.717, 1.165) is 45.0 Å². The van der Waals surface area contributed by atoms with Crippen LogP contribution in [0, 0.1) is 0 Å². The third-order valence-electron chi connectivity index (χ3n) is 4.23. The highest BCUT2D eigenvalue weighted by Gasteiger charge is 2.21. The normalized spacial score (nSPS) is 21.9. The highest BCUT2D eigenvalue weighted by Crippen LogP contribution is 2.10. The van der Waals surface area contributed by atoms with E-state index in [4.69, 9.17) is 5.73 Å².